The number of amides is 1. The molecule has 6 nitrogen and oxygen atoms in total. The van der Waals surface area contributed by atoms with Gasteiger partial charge in [0.15, 0.2) is 5.76 Å². The zero-order valence-corrected chi connectivity index (χ0v) is 13.4. The Bertz CT molecular complexity index is 617. The molecule has 122 valence electrons. The standard InChI is InChI=1S/C17H22N4O2/c1-14-2-4-15(5-3-14)19-17(22)13-21-10-8-20(9-11-21)12-16-6-7-18-23-16/h2-7H,8-13H2,1H3,(H,19,22). The second-order valence-corrected chi connectivity index (χ2v) is 5.95. The highest BCUT2D eigenvalue weighted by Crippen LogP contribution is 2.10. The third-order valence-electron chi connectivity index (χ3n) is 4.04. The summed E-state index contributed by atoms with van der Waals surface area (Å²) < 4.78 is 5.13. The minimum Gasteiger partial charge on any atom is -0.360 e. The van der Waals surface area contributed by atoms with Gasteiger partial charge in [-0.05, 0) is 19.1 Å². The van der Waals surface area contributed by atoms with E-state index in [-0.39, 0.29) is 5.91 Å². The number of rotatable bonds is 5. The number of aromatic nitrogens is 1. The molecule has 0 radical (unpaired) electrons. The smallest absolute Gasteiger partial charge is 0.238 e. The number of aryl methyl sites for hydroxylation is 1. The van der Waals surface area contributed by atoms with E-state index in [0.717, 1.165) is 44.2 Å². The van der Waals surface area contributed by atoms with E-state index in [9.17, 15) is 4.79 Å². The third-order valence-corrected chi connectivity index (χ3v) is 4.04. The molecule has 3 rings (SSSR count). The molecule has 1 aromatic heterocycles. The second-order valence-electron chi connectivity index (χ2n) is 5.95. The van der Waals surface area contributed by atoms with Crippen molar-refractivity contribution >= 4 is 11.6 Å². The van der Waals surface area contributed by atoms with Crippen LogP contribution in [0.25, 0.3) is 0 Å². The molecule has 1 aliphatic rings. The highest BCUT2D eigenvalue weighted by atomic mass is 16.5. The number of anilines is 1. The van der Waals surface area contributed by atoms with E-state index in [1.807, 2.05) is 37.3 Å². The number of benzene rings is 1. The van der Waals surface area contributed by atoms with Crippen LogP contribution in [-0.4, -0.2) is 53.6 Å². The van der Waals surface area contributed by atoms with Gasteiger partial charge in [0.25, 0.3) is 0 Å². The van der Waals surface area contributed by atoms with Crippen LogP contribution in [0.1, 0.15) is 11.3 Å². The number of hydrogen-bond donors (Lipinski definition) is 1. The van der Waals surface area contributed by atoms with Crippen molar-refractivity contribution in [3.8, 4) is 0 Å². The first kappa shape index (κ1) is 15.7. The maximum atomic E-state index is 12.1. The van der Waals surface area contributed by atoms with Crippen molar-refractivity contribution < 1.29 is 9.32 Å². The molecule has 0 aliphatic carbocycles. The molecular formula is C17H22N4O2. The van der Waals surface area contributed by atoms with Crippen LogP contribution in [0, 0.1) is 6.92 Å². The lowest BCUT2D eigenvalue weighted by Gasteiger charge is -2.33. The zero-order chi connectivity index (χ0) is 16.1. The number of carbonyl (C=O) groups excluding carboxylic acids is 1. The molecule has 1 amide bonds. The van der Waals surface area contributed by atoms with Gasteiger partial charge in [0.1, 0.15) is 0 Å². The molecule has 0 unspecified atom stereocenters. The molecule has 1 fully saturated rings. The van der Waals surface area contributed by atoms with Gasteiger partial charge < -0.3 is 9.84 Å². The molecule has 1 N–H and O–H groups in total. The van der Waals surface area contributed by atoms with Gasteiger partial charge in [-0.1, -0.05) is 22.9 Å². The Kier molecular flexibility index (Phi) is 5.05. The predicted molar refractivity (Wildman–Crippen MR) is 88.0 cm³/mol. The van der Waals surface area contributed by atoms with E-state index in [1.54, 1.807) is 6.20 Å². The summed E-state index contributed by atoms with van der Waals surface area (Å²) in [5.74, 6) is 0.924. The lowest BCUT2D eigenvalue weighted by Crippen LogP contribution is -2.48. The van der Waals surface area contributed by atoms with Gasteiger partial charge in [-0.15, -0.1) is 0 Å². The topological polar surface area (TPSA) is 61.6 Å². The molecule has 2 aromatic rings. The summed E-state index contributed by atoms with van der Waals surface area (Å²) in [5.41, 5.74) is 2.04. The van der Waals surface area contributed by atoms with Crippen molar-refractivity contribution in [1.82, 2.24) is 15.0 Å². The molecule has 0 atom stereocenters. The Morgan fingerprint density at radius 2 is 1.83 bits per heavy atom. The third kappa shape index (κ3) is 4.64. The van der Waals surface area contributed by atoms with Gasteiger partial charge >= 0.3 is 0 Å². The first-order chi connectivity index (χ1) is 11.2. The summed E-state index contributed by atoms with van der Waals surface area (Å²) in [7, 11) is 0. The van der Waals surface area contributed by atoms with Crippen molar-refractivity contribution in [2.45, 2.75) is 13.5 Å². The van der Waals surface area contributed by atoms with E-state index in [0.29, 0.717) is 6.54 Å². The largest absolute Gasteiger partial charge is 0.360 e. The normalized spacial score (nSPS) is 16.4. The predicted octanol–water partition coefficient (Wildman–Crippen LogP) is 1.74. The SMILES string of the molecule is Cc1ccc(NC(=O)CN2CCN(Cc3ccno3)CC2)cc1. The van der Waals surface area contributed by atoms with Crippen molar-refractivity contribution in [2.24, 2.45) is 0 Å². The first-order valence-electron chi connectivity index (χ1n) is 7.90. The van der Waals surface area contributed by atoms with E-state index < -0.39 is 0 Å². The van der Waals surface area contributed by atoms with E-state index in [1.165, 1.54) is 5.56 Å². The van der Waals surface area contributed by atoms with Crippen LogP contribution in [0.15, 0.2) is 41.1 Å². The van der Waals surface area contributed by atoms with Gasteiger partial charge in [-0.3, -0.25) is 14.6 Å². The fourth-order valence-electron chi connectivity index (χ4n) is 2.69. The molecule has 0 spiro atoms. The van der Waals surface area contributed by atoms with E-state index >= 15 is 0 Å². The number of carbonyl (C=O) groups is 1. The Morgan fingerprint density at radius 1 is 1.13 bits per heavy atom. The number of nitrogens with one attached hydrogen (secondary N) is 1. The molecule has 2 heterocycles. The average Bonchev–Trinajstić information content (AvgIpc) is 3.04. The quantitative estimate of drug-likeness (QED) is 0.911. The number of nitrogens with zero attached hydrogens (tertiary/aromatic N) is 3. The summed E-state index contributed by atoms with van der Waals surface area (Å²) in [6.07, 6.45) is 1.67. The number of piperazine rings is 1. The fourth-order valence-corrected chi connectivity index (χ4v) is 2.69. The summed E-state index contributed by atoms with van der Waals surface area (Å²) in [4.78, 5) is 16.6. The minimum atomic E-state index is 0.0394. The van der Waals surface area contributed by atoms with Crippen molar-refractivity contribution in [3.63, 3.8) is 0 Å². The summed E-state index contributed by atoms with van der Waals surface area (Å²) in [6, 6.07) is 9.75. The zero-order valence-electron chi connectivity index (χ0n) is 13.4. The van der Waals surface area contributed by atoms with Crippen molar-refractivity contribution in [2.75, 3.05) is 38.0 Å². The molecule has 0 saturated carbocycles. The Morgan fingerprint density at radius 3 is 2.48 bits per heavy atom. The Balaban J connectivity index is 1.41. The molecule has 1 aromatic carbocycles. The van der Waals surface area contributed by atoms with E-state index in [4.69, 9.17) is 4.52 Å². The summed E-state index contributed by atoms with van der Waals surface area (Å²) in [6.45, 7) is 6.87. The lowest BCUT2D eigenvalue weighted by molar-refractivity contribution is -0.117. The van der Waals surface area contributed by atoms with Crippen LogP contribution in [0.5, 0.6) is 0 Å². The average molecular weight is 314 g/mol. The fraction of sp³-hybridized carbons (Fsp3) is 0.412. The molecule has 0 bridgehead atoms. The van der Waals surface area contributed by atoms with Gasteiger partial charge in [0.2, 0.25) is 5.91 Å². The maximum Gasteiger partial charge on any atom is 0.238 e. The van der Waals surface area contributed by atoms with Gasteiger partial charge in [0, 0.05) is 37.9 Å². The monoisotopic (exact) mass is 314 g/mol. The highest BCUT2D eigenvalue weighted by molar-refractivity contribution is 5.92. The van der Waals surface area contributed by atoms with Gasteiger partial charge in [-0.25, -0.2) is 0 Å². The van der Waals surface area contributed by atoms with Crippen molar-refractivity contribution in [1.29, 1.82) is 0 Å². The van der Waals surface area contributed by atoms with Crippen LogP contribution >= 0.6 is 0 Å². The highest BCUT2D eigenvalue weighted by Gasteiger charge is 2.19. The van der Waals surface area contributed by atoms with Crippen LogP contribution in [-0.2, 0) is 11.3 Å². The molecular weight excluding hydrogens is 292 g/mol. The second kappa shape index (κ2) is 7.39. The first-order valence-corrected chi connectivity index (χ1v) is 7.90. The van der Waals surface area contributed by atoms with E-state index in [2.05, 4.69) is 20.3 Å². The summed E-state index contributed by atoms with van der Waals surface area (Å²) in [5, 5.41) is 6.67. The minimum absolute atomic E-state index is 0.0394. The molecule has 1 saturated heterocycles. The molecule has 6 heteroatoms. The summed E-state index contributed by atoms with van der Waals surface area (Å²) >= 11 is 0. The molecule has 1 aliphatic heterocycles. The van der Waals surface area contributed by atoms with Crippen LogP contribution in [0.4, 0.5) is 5.69 Å². The van der Waals surface area contributed by atoms with Crippen LogP contribution in [0.2, 0.25) is 0 Å². The van der Waals surface area contributed by atoms with Crippen LogP contribution < -0.4 is 5.32 Å². The van der Waals surface area contributed by atoms with Crippen LogP contribution in [0.3, 0.4) is 0 Å². The lowest BCUT2D eigenvalue weighted by atomic mass is 10.2. The Hall–Kier alpha value is -2.18. The van der Waals surface area contributed by atoms with Gasteiger partial charge in [0.05, 0.1) is 19.3 Å². The van der Waals surface area contributed by atoms with Gasteiger partial charge in [-0.2, -0.15) is 0 Å². The Labute approximate surface area is 136 Å². The maximum absolute atomic E-state index is 12.1. The van der Waals surface area contributed by atoms with Crippen molar-refractivity contribution in [3.05, 3.63) is 47.9 Å². The number of hydrogen-bond acceptors (Lipinski definition) is 5. The molecule has 23 heavy (non-hydrogen) atoms.